The molecular weight excluding hydrogens is 156 g/mol. The Bertz CT molecular complexity index is 235. The highest BCUT2D eigenvalue weighted by atomic mass is 16.5. The summed E-state index contributed by atoms with van der Waals surface area (Å²) in [4.78, 5) is 0. The van der Waals surface area contributed by atoms with Crippen LogP contribution < -0.4 is 5.73 Å². The second-order valence-corrected chi connectivity index (χ2v) is 2.78. The van der Waals surface area contributed by atoms with E-state index in [0.29, 0.717) is 18.7 Å². The molecule has 0 radical (unpaired) electrons. The van der Waals surface area contributed by atoms with Gasteiger partial charge < -0.3 is 15.4 Å². The predicted molar refractivity (Wildman–Crippen MR) is 44.5 cm³/mol. The van der Waals surface area contributed by atoms with Crippen molar-refractivity contribution in [3.8, 4) is 0 Å². The molecule has 4 heteroatoms. The fourth-order valence-electron chi connectivity index (χ4n) is 1.09. The Kier molecular flexibility index (Phi) is 3.25. The first-order valence-corrected chi connectivity index (χ1v) is 4.05. The lowest BCUT2D eigenvalue weighted by Crippen LogP contribution is -2.03. The number of nitrogens with zero attached hydrogens (tertiary/aromatic N) is 1. The van der Waals surface area contributed by atoms with Crippen molar-refractivity contribution in [2.24, 2.45) is 5.73 Å². The summed E-state index contributed by atoms with van der Waals surface area (Å²) in [5, 5.41) is 13.2. The molecule has 0 aliphatic heterocycles. The highest BCUT2D eigenvalue weighted by Crippen LogP contribution is 2.20. The van der Waals surface area contributed by atoms with Gasteiger partial charge in [0.1, 0.15) is 5.76 Å². The molecule has 0 aliphatic carbocycles. The van der Waals surface area contributed by atoms with E-state index >= 15 is 0 Å². The molecule has 68 valence electrons. The number of aryl methyl sites for hydroxylation is 1. The standard InChI is InChI=1S/C8H14N2O2/c1-6-7(5-10-12-6)8(11)3-2-4-9/h5,8,11H,2-4,9H2,1H3. The van der Waals surface area contributed by atoms with E-state index in [-0.39, 0.29) is 0 Å². The van der Waals surface area contributed by atoms with Gasteiger partial charge in [-0.15, -0.1) is 0 Å². The zero-order chi connectivity index (χ0) is 8.97. The highest BCUT2D eigenvalue weighted by molar-refractivity contribution is 5.14. The number of aliphatic hydroxyl groups is 1. The predicted octanol–water partition coefficient (Wildman–Crippen LogP) is 0.755. The van der Waals surface area contributed by atoms with Gasteiger partial charge in [-0.2, -0.15) is 0 Å². The lowest BCUT2D eigenvalue weighted by Gasteiger charge is -2.06. The normalized spacial score (nSPS) is 13.2. The third kappa shape index (κ3) is 2.06. The van der Waals surface area contributed by atoms with Crippen molar-refractivity contribution in [1.82, 2.24) is 5.16 Å². The number of nitrogens with two attached hydrogens (primary N) is 1. The molecule has 4 nitrogen and oxygen atoms in total. The van der Waals surface area contributed by atoms with Gasteiger partial charge in [0.05, 0.1) is 12.3 Å². The van der Waals surface area contributed by atoms with E-state index in [1.807, 2.05) is 0 Å². The molecule has 0 saturated heterocycles. The van der Waals surface area contributed by atoms with E-state index in [1.165, 1.54) is 0 Å². The van der Waals surface area contributed by atoms with Crippen LogP contribution in [0.3, 0.4) is 0 Å². The Morgan fingerprint density at radius 1 is 1.75 bits per heavy atom. The molecule has 0 spiro atoms. The van der Waals surface area contributed by atoms with E-state index in [2.05, 4.69) is 5.16 Å². The van der Waals surface area contributed by atoms with Crippen molar-refractivity contribution >= 4 is 0 Å². The summed E-state index contributed by atoms with van der Waals surface area (Å²) < 4.78 is 4.82. The molecule has 1 heterocycles. The molecule has 0 bridgehead atoms. The van der Waals surface area contributed by atoms with Gasteiger partial charge >= 0.3 is 0 Å². The number of hydrogen-bond donors (Lipinski definition) is 2. The van der Waals surface area contributed by atoms with Gasteiger partial charge in [0.15, 0.2) is 0 Å². The maximum atomic E-state index is 9.57. The van der Waals surface area contributed by atoms with Crippen LogP contribution in [0.4, 0.5) is 0 Å². The molecular formula is C8H14N2O2. The third-order valence-electron chi connectivity index (χ3n) is 1.83. The van der Waals surface area contributed by atoms with Crippen LogP contribution in [0.5, 0.6) is 0 Å². The summed E-state index contributed by atoms with van der Waals surface area (Å²) >= 11 is 0. The zero-order valence-electron chi connectivity index (χ0n) is 7.16. The topological polar surface area (TPSA) is 72.3 Å². The quantitative estimate of drug-likeness (QED) is 0.699. The minimum atomic E-state index is -0.486. The van der Waals surface area contributed by atoms with Gasteiger partial charge in [-0.05, 0) is 26.3 Å². The van der Waals surface area contributed by atoms with E-state index < -0.39 is 6.10 Å². The average molecular weight is 170 g/mol. The molecule has 1 aromatic rings. The van der Waals surface area contributed by atoms with E-state index in [0.717, 1.165) is 12.0 Å². The second-order valence-electron chi connectivity index (χ2n) is 2.78. The van der Waals surface area contributed by atoms with Crippen LogP contribution in [0.25, 0.3) is 0 Å². The summed E-state index contributed by atoms with van der Waals surface area (Å²) in [5.74, 6) is 0.680. The summed E-state index contributed by atoms with van der Waals surface area (Å²) in [5.41, 5.74) is 6.09. The lowest BCUT2D eigenvalue weighted by molar-refractivity contribution is 0.163. The summed E-state index contributed by atoms with van der Waals surface area (Å²) in [7, 11) is 0. The Labute approximate surface area is 71.4 Å². The highest BCUT2D eigenvalue weighted by Gasteiger charge is 2.12. The molecule has 0 saturated carbocycles. The Hall–Kier alpha value is -0.870. The largest absolute Gasteiger partial charge is 0.388 e. The third-order valence-corrected chi connectivity index (χ3v) is 1.83. The number of aromatic nitrogens is 1. The maximum absolute atomic E-state index is 9.57. The first-order valence-electron chi connectivity index (χ1n) is 4.05. The van der Waals surface area contributed by atoms with E-state index in [4.69, 9.17) is 10.3 Å². The number of hydrogen-bond acceptors (Lipinski definition) is 4. The van der Waals surface area contributed by atoms with E-state index in [1.54, 1.807) is 13.1 Å². The van der Waals surface area contributed by atoms with Crippen LogP contribution >= 0.6 is 0 Å². The van der Waals surface area contributed by atoms with Crippen LogP contribution in [0.15, 0.2) is 10.7 Å². The summed E-state index contributed by atoms with van der Waals surface area (Å²) in [6, 6.07) is 0. The SMILES string of the molecule is Cc1oncc1C(O)CCCN. The van der Waals surface area contributed by atoms with Crippen LogP contribution in [0.1, 0.15) is 30.3 Å². The van der Waals surface area contributed by atoms with Gasteiger partial charge in [0, 0.05) is 5.56 Å². The lowest BCUT2D eigenvalue weighted by atomic mass is 10.1. The average Bonchev–Trinajstić information content (AvgIpc) is 2.47. The molecule has 0 fully saturated rings. The second kappa shape index (κ2) is 4.23. The fourth-order valence-corrected chi connectivity index (χ4v) is 1.09. The molecule has 1 unspecified atom stereocenters. The first kappa shape index (κ1) is 9.22. The number of rotatable bonds is 4. The molecule has 3 N–H and O–H groups in total. The van der Waals surface area contributed by atoms with Crippen LogP contribution in [0.2, 0.25) is 0 Å². The maximum Gasteiger partial charge on any atom is 0.139 e. The van der Waals surface area contributed by atoms with Gasteiger partial charge in [0.25, 0.3) is 0 Å². The Morgan fingerprint density at radius 3 is 3.00 bits per heavy atom. The fraction of sp³-hybridized carbons (Fsp3) is 0.625. The molecule has 0 aliphatic rings. The zero-order valence-corrected chi connectivity index (χ0v) is 7.16. The molecule has 0 amide bonds. The molecule has 12 heavy (non-hydrogen) atoms. The van der Waals surface area contributed by atoms with Crippen molar-refractivity contribution < 1.29 is 9.63 Å². The summed E-state index contributed by atoms with van der Waals surface area (Å²) in [6.45, 7) is 2.38. The minimum Gasteiger partial charge on any atom is -0.388 e. The first-order chi connectivity index (χ1) is 5.75. The monoisotopic (exact) mass is 170 g/mol. The molecule has 1 rings (SSSR count). The van der Waals surface area contributed by atoms with Crippen molar-refractivity contribution in [2.45, 2.75) is 25.9 Å². The minimum absolute atomic E-state index is 0.486. The number of aliphatic hydroxyl groups excluding tert-OH is 1. The van der Waals surface area contributed by atoms with Gasteiger partial charge in [0.2, 0.25) is 0 Å². The van der Waals surface area contributed by atoms with Crippen LogP contribution in [-0.4, -0.2) is 16.8 Å². The van der Waals surface area contributed by atoms with Crippen molar-refractivity contribution in [3.05, 3.63) is 17.5 Å². The Morgan fingerprint density at radius 2 is 2.50 bits per heavy atom. The van der Waals surface area contributed by atoms with E-state index in [9.17, 15) is 5.11 Å². The van der Waals surface area contributed by atoms with Gasteiger partial charge in [-0.1, -0.05) is 5.16 Å². The molecule has 1 atom stereocenters. The smallest absolute Gasteiger partial charge is 0.139 e. The van der Waals surface area contributed by atoms with Crippen LogP contribution in [0, 0.1) is 6.92 Å². The summed E-state index contributed by atoms with van der Waals surface area (Å²) in [6.07, 6.45) is 2.54. The van der Waals surface area contributed by atoms with Crippen molar-refractivity contribution in [1.29, 1.82) is 0 Å². The van der Waals surface area contributed by atoms with Gasteiger partial charge in [-0.3, -0.25) is 0 Å². The van der Waals surface area contributed by atoms with Crippen molar-refractivity contribution in [3.63, 3.8) is 0 Å². The van der Waals surface area contributed by atoms with Crippen molar-refractivity contribution in [2.75, 3.05) is 6.54 Å². The Balaban J connectivity index is 2.52. The molecule has 0 aromatic carbocycles. The molecule has 1 aromatic heterocycles. The van der Waals surface area contributed by atoms with Gasteiger partial charge in [-0.25, -0.2) is 0 Å². The van der Waals surface area contributed by atoms with Crippen LogP contribution in [-0.2, 0) is 0 Å².